The van der Waals surface area contributed by atoms with Crippen molar-refractivity contribution in [2.24, 2.45) is 0 Å². The molecule has 224 valence electrons. The van der Waals surface area contributed by atoms with Crippen molar-refractivity contribution in [1.29, 1.82) is 0 Å². The second-order valence-corrected chi connectivity index (χ2v) is 13.7. The molecular formula is C47H36. The highest BCUT2D eigenvalue weighted by Gasteiger charge is 2.38. The molecule has 9 rings (SSSR count). The lowest BCUT2D eigenvalue weighted by atomic mass is 9.80. The molecule has 0 amide bonds. The highest BCUT2D eigenvalue weighted by Crippen LogP contribution is 2.56. The van der Waals surface area contributed by atoms with Crippen LogP contribution in [0.5, 0.6) is 0 Å². The summed E-state index contributed by atoms with van der Waals surface area (Å²) >= 11 is 0. The fourth-order valence-electron chi connectivity index (χ4n) is 8.54. The molecule has 0 aliphatic heterocycles. The molecule has 0 N–H and O–H groups in total. The van der Waals surface area contributed by atoms with Gasteiger partial charge in [0, 0.05) is 5.41 Å². The maximum absolute atomic E-state index is 2.39. The molecule has 0 spiro atoms. The Morgan fingerprint density at radius 3 is 1.51 bits per heavy atom. The van der Waals surface area contributed by atoms with Crippen molar-refractivity contribution in [1.82, 2.24) is 0 Å². The summed E-state index contributed by atoms with van der Waals surface area (Å²) in [4.78, 5) is 0. The van der Waals surface area contributed by atoms with Crippen molar-refractivity contribution in [2.75, 3.05) is 0 Å². The van der Waals surface area contributed by atoms with E-state index in [4.69, 9.17) is 0 Å². The monoisotopic (exact) mass is 600 g/mol. The Bertz CT molecular complexity index is 2500. The molecule has 0 aromatic heterocycles. The molecule has 0 radical (unpaired) electrons. The largest absolute Gasteiger partial charge is 0.0620 e. The Labute approximate surface area is 277 Å². The molecule has 8 aromatic carbocycles. The number of rotatable bonds is 3. The molecule has 0 atom stereocenters. The van der Waals surface area contributed by atoms with Crippen LogP contribution in [0.15, 0.2) is 146 Å². The van der Waals surface area contributed by atoms with Gasteiger partial charge in [-0.2, -0.15) is 0 Å². The molecule has 0 heterocycles. The van der Waals surface area contributed by atoms with Crippen LogP contribution in [0.3, 0.4) is 0 Å². The van der Waals surface area contributed by atoms with Crippen LogP contribution in [0.1, 0.15) is 36.1 Å². The van der Waals surface area contributed by atoms with Gasteiger partial charge in [-0.15, -0.1) is 0 Å². The van der Waals surface area contributed by atoms with Crippen LogP contribution >= 0.6 is 0 Å². The second kappa shape index (κ2) is 10.3. The SMILES string of the molecule is Cc1ccccc1-c1cccc(-c2c3ccccc3c(-c3cccc4c3-c3c(ccc5ccccc35)C4(C)C)c3ccccc23)c1C. The van der Waals surface area contributed by atoms with E-state index in [2.05, 4.69) is 173 Å². The summed E-state index contributed by atoms with van der Waals surface area (Å²) < 4.78 is 0. The quantitative estimate of drug-likeness (QED) is 0.177. The number of benzene rings is 8. The highest BCUT2D eigenvalue weighted by atomic mass is 14.4. The predicted molar refractivity (Wildman–Crippen MR) is 202 cm³/mol. The van der Waals surface area contributed by atoms with Crippen LogP contribution in [0, 0.1) is 13.8 Å². The van der Waals surface area contributed by atoms with Gasteiger partial charge >= 0.3 is 0 Å². The zero-order valence-corrected chi connectivity index (χ0v) is 27.4. The van der Waals surface area contributed by atoms with E-state index in [1.165, 1.54) is 99.1 Å². The van der Waals surface area contributed by atoms with Crippen molar-refractivity contribution in [2.45, 2.75) is 33.1 Å². The van der Waals surface area contributed by atoms with Gasteiger partial charge < -0.3 is 0 Å². The number of fused-ring (bicyclic) bond motifs is 7. The van der Waals surface area contributed by atoms with Crippen LogP contribution < -0.4 is 0 Å². The standard InChI is InChI=1S/C47H36/c1-29-15-5-7-17-32(29)33-23-13-24-34(30(33)2)43-36-19-9-11-21-38(36)44(39-22-12-10-20-37(39)43)40-25-14-26-41-46(40)45-35-18-8-6-16-31(35)27-28-42(45)47(41,3)4/h5-28H,1-4H3. The maximum Gasteiger partial charge on any atom is 0.0159 e. The molecule has 1 aliphatic rings. The van der Waals surface area contributed by atoms with E-state index in [1.807, 2.05) is 0 Å². The van der Waals surface area contributed by atoms with Gasteiger partial charge in [-0.05, 0) is 113 Å². The third-order valence-electron chi connectivity index (χ3n) is 10.8. The Kier molecular flexibility index (Phi) is 6.08. The zero-order valence-electron chi connectivity index (χ0n) is 27.4. The second-order valence-electron chi connectivity index (χ2n) is 13.7. The minimum atomic E-state index is -0.0939. The molecule has 0 saturated carbocycles. The summed E-state index contributed by atoms with van der Waals surface area (Å²) in [6.07, 6.45) is 0. The zero-order chi connectivity index (χ0) is 31.9. The molecule has 0 unspecified atom stereocenters. The Hall–Kier alpha value is -5.46. The Morgan fingerprint density at radius 1 is 0.340 bits per heavy atom. The Morgan fingerprint density at radius 2 is 0.830 bits per heavy atom. The molecule has 0 nitrogen and oxygen atoms in total. The predicted octanol–water partition coefficient (Wildman–Crippen LogP) is 13.1. The fourth-order valence-corrected chi connectivity index (χ4v) is 8.54. The van der Waals surface area contributed by atoms with E-state index in [-0.39, 0.29) is 5.41 Å². The molecule has 0 saturated heterocycles. The normalized spacial score (nSPS) is 13.3. The summed E-state index contributed by atoms with van der Waals surface area (Å²) in [5, 5.41) is 7.79. The van der Waals surface area contributed by atoms with Crippen LogP contribution in [0.25, 0.3) is 76.8 Å². The topological polar surface area (TPSA) is 0 Å². The lowest BCUT2D eigenvalue weighted by Gasteiger charge is -2.23. The van der Waals surface area contributed by atoms with Gasteiger partial charge in [-0.25, -0.2) is 0 Å². The van der Waals surface area contributed by atoms with Gasteiger partial charge in [0.15, 0.2) is 0 Å². The molecule has 1 aliphatic carbocycles. The van der Waals surface area contributed by atoms with E-state index in [1.54, 1.807) is 0 Å². The molecule has 0 heteroatoms. The first-order chi connectivity index (χ1) is 22.9. The van der Waals surface area contributed by atoms with Crippen molar-refractivity contribution in [3.05, 3.63) is 168 Å². The lowest BCUT2D eigenvalue weighted by molar-refractivity contribution is 0.661. The first-order valence-corrected chi connectivity index (χ1v) is 16.7. The lowest BCUT2D eigenvalue weighted by Crippen LogP contribution is -2.14. The smallest absolute Gasteiger partial charge is 0.0159 e. The van der Waals surface area contributed by atoms with E-state index in [9.17, 15) is 0 Å². The minimum absolute atomic E-state index is 0.0939. The van der Waals surface area contributed by atoms with Gasteiger partial charge in [-0.3, -0.25) is 0 Å². The molecule has 47 heavy (non-hydrogen) atoms. The van der Waals surface area contributed by atoms with Gasteiger partial charge in [0.1, 0.15) is 0 Å². The van der Waals surface area contributed by atoms with Crippen molar-refractivity contribution in [3.63, 3.8) is 0 Å². The third kappa shape index (κ3) is 3.95. The summed E-state index contributed by atoms with van der Waals surface area (Å²) in [7, 11) is 0. The summed E-state index contributed by atoms with van der Waals surface area (Å²) in [6, 6.07) is 54.2. The van der Waals surface area contributed by atoms with Gasteiger partial charge in [0.2, 0.25) is 0 Å². The van der Waals surface area contributed by atoms with Gasteiger partial charge in [0.05, 0.1) is 0 Å². The number of aryl methyl sites for hydroxylation is 1. The van der Waals surface area contributed by atoms with Gasteiger partial charge in [-0.1, -0.05) is 159 Å². The number of hydrogen-bond donors (Lipinski definition) is 0. The maximum atomic E-state index is 2.39. The third-order valence-corrected chi connectivity index (χ3v) is 10.8. The van der Waals surface area contributed by atoms with Crippen molar-refractivity contribution in [3.8, 4) is 44.5 Å². The molecule has 0 fully saturated rings. The highest BCUT2D eigenvalue weighted by molar-refractivity contribution is 6.23. The first-order valence-electron chi connectivity index (χ1n) is 16.7. The number of hydrogen-bond acceptors (Lipinski definition) is 0. The van der Waals surface area contributed by atoms with E-state index < -0.39 is 0 Å². The molecule has 8 aromatic rings. The van der Waals surface area contributed by atoms with Crippen molar-refractivity contribution < 1.29 is 0 Å². The Balaban J connectivity index is 1.40. The molecular weight excluding hydrogens is 565 g/mol. The van der Waals surface area contributed by atoms with Crippen LogP contribution in [-0.4, -0.2) is 0 Å². The van der Waals surface area contributed by atoms with E-state index >= 15 is 0 Å². The molecule has 0 bridgehead atoms. The summed E-state index contributed by atoms with van der Waals surface area (Å²) in [5.74, 6) is 0. The summed E-state index contributed by atoms with van der Waals surface area (Å²) in [6.45, 7) is 9.28. The van der Waals surface area contributed by atoms with E-state index in [0.29, 0.717) is 0 Å². The fraction of sp³-hybridized carbons (Fsp3) is 0.106. The minimum Gasteiger partial charge on any atom is -0.0620 e. The van der Waals surface area contributed by atoms with Crippen LogP contribution in [0.2, 0.25) is 0 Å². The average Bonchev–Trinajstić information content (AvgIpc) is 3.34. The average molecular weight is 601 g/mol. The first kappa shape index (κ1) is 27.8. The van der Waals surface area contributed by atoms with E-state index in [0.717, 1.165) is 0 Å². The van der Waals surface area contributed by atoms with Crippen molar-refractivity contribution >= 4 is 32.3 Å². The van der Waals surface area contributed by atoms with Crippen LogP contribution in [-0.2, 0) is 5.41 Å². The van der Waals surface area contributed by atoms with Gasteiger partial charge in [0.25, 0.3) is 0 Å². The van der Waals surface area contributed by atoms with Crippen LogP contribution in [0.4, 0.5) is 0 Å². The summed E-state index contributed by atoms with van der Waals surface area (Å²) in [5.41, 5.74) is 15.9.